The lowest BCUT2D eigenvalue weighted by molar-refractivity contribution is -0.148. The monoisotopic (exact) mass is 257 g/mol. The minimum absolute atomic E-state index is 0.128. The van der Waals surface area contributed by atoms with E-state index in [9.17, 15) is 9.90 Å². The van der Waals surface area contributed by atoms with Gasteiger partial charge in [-0.1, -0.05) is 19.8 Å². The van der Waals surface area contributed by atoms with E-state index in [1.165, 1.54) is 7.11 Å². The molecule has 1 fully saturated rings. The summed E-state index contributed by atoms with van der Waals surface area (Å²) in [7, 11) is 1.46. The van der Waals surface area contributed by atoms with E-state index in [-0.39, 0.29) is 24.0 Å². The molecule has 1 aliphatic heterocycles. The lowest BCUT2D eigenvalue weighted by Gasteiger charge is -2.38. The number of piperidine rings is 1. The summed E-state index contributed by atoms with van der Waals surface area (Å²) >= 11 is 0. The van der Waals surface area contributed by atoms with Crippen LogP contribution in [0.4, 0.5) is 0 Å². The minimum atomic E-state index is -0.294. The van der Waals surface area contributed by atoms with Gasteiger partial charge >= 0.3 is 5.97 Å². The first-order valence-electron chi connectivity index (χ1n) is 7.10. The molecule has 1 rings (SSSR count). The van der Waals surface area contributed by atoms with Crippen LogP contribution in [0.2, 0.25) is 0 Å². The molecule has 106 valence electrons. The van der Waals surface area contributed by atoms with Gasteiger partial charge in [-0.05, 0) is 38.6 Å². The van der Waals surface area contributed by atoms with E-state index in [1.807, 2.05) is 6.92 Å². The number of hydrogen-bond acceptors (Lipinski definition) is 4. The molecule has 4 nitrogen and oxygen atoms in total. The molecule has 0 spiro atoms. The van der Waals surface area contributed by atoms with E-state index in [4.69, 9.17) is 4.74 Å². The van der Waals surface area contributed by atoms with Crippen LogP contribution in [0, 0.1) is 5.92 Å². The van der Waals surface area contributed by atoms with Gasteiger partial charge in [-0.3, -0.25) is 9.69 Å². The maximum absolute atomic E-state index is 11.9. The number of hydrogen-bond donors (Lipinski definition) is 1. The Labute approximate surface area is 110 Å². The molecule has 1 N–H and O–H groups in total. The first-order valence-corrected chi connectivity index (χ1v) is 7.10. The van der Waals surface area contributed by atoms with E-state index < -0.39 is 0 Å². The Hall–Kier alpha value is -0.610. The molecule has 0 aliphatic carbocycles. The summed E-state index contributed by atoms with van der Waals surface area (Å²) in [6, 6.07) is -0.128. The van der Waals surface area contributed by atoms with Crippen molar-refractivity contribution in [3.8, 4) is 0 Å². The highest BCUT2D eigenvalue weighted by atomic mass is 16.5. The number of aliphatic hydroxyl groups is 1. The standard InChI is InChI=1S/C14H27NO3/c1-4-5-8-13(14(17)18-3)15-9-6-7-12(10-15)11(2)16/h11-13,16H,4-10H2,1-3H3. The molecule has 4 heteroatoms. The van der Waals surface area contributed by atoms with Crippen molar-refractivity contribution in [3.05, 3.63) is 0 Å². The molecule has 3 unspecified atom stereocenters. The van der Waals surface area contributed by atoms with E-state index in [0.717, 1.165) is 45.2 Å². The van der Waals surface area contributed by atoms with Gasteiger partial charge in [0.25, 0.3) is 0 Å². The third kappa shape index (κ3) is 4.25. The molecule has 1 saturated heterocycles. The summed E-state index contributed by atoms with van der Waals surface area (Å²) in [6.45, 7) is 5.71. The average Bonchev–Trinajstić information content (AvgIpc) is 2.39. The second-order valence-corrected chi connectivity index (χ2v) is 5.32. The smallest absolute Gasteiger partial charge is 0.323 e. The first kappa shape index (κ1) is 15.4. The largest absolute Gasteiger partial charge is 0.468 e. The molecule has 0 aromatic rings. The van der Waals surface area contributed by atoms with Crippen LogP contribution in [0.1, 0.15) is 46.0 Å². The second kappa shape index (κ2) is 7.74. The Bertz CT molecular complexity index is 255. The van der Waals surface area contributed by atoms with Crippen molar-refractivity contribution in [2.24, 2.45) is 5.92 Å². The summed E-state index contributed by atoms with van der Waals surface area (Å²) in [4.78, 5) is 14.1. The molecule has 0 aromatic heterocycles. The van der Waals surface area contributed by atoms with Crippen molar-refractivity contribution in [1.82, 2.24) is 4.90 Å². The number of likely N-dealkylation sites (tertiary alicyclic amines) is 1. The molecule has 3 atom stereocenters. The van der Waals surface area contributed by atoms with Gasteiger partial charge in [-0.15, -0.1) is 0 Å². The van der Waals surface area contributed by atoms with Gasteiger partial charge in [0.2, 0.25) is 0 Å². The SMILES string of the molecule is CCCCC(C(=O)OC)N1CCCC(C(C)O)C1. The van der Waals surface area contributed by atoms with Crippen LogP contribution < -0.4 is 0 Å². The van der Waals surface area contributed by atoms with Crippen molar-refractivity contribution >= 4 is 5.97 Å². The van der Waals surface area contributed by atoms with Crippen molar-refractivity contribution in [2.75, 3.05) is 20.2 Å². The van der Waals surface area contributed by atoms with Crippen molar-refractivity contribution in [1.29, 1.82) is 0 Å². The molecule has 1 heterocycles. The molecule has 0 radical (unpaired) electrons. The fraction of sp³-hybridized carbons (Fsp3) is 0.929. The first-order chi connectivity index (χ1) is 8.60. The van der Waals surface area contributed by atoms with Gasteiger partial charge in [-0.25, -0.2) is 0 Å². The summed E-state index contributed by atoms with van der Waals surface area (Å²) < 4.78 is 4.92. The maximum atomic E-state index is 11.9. The molecule has 0 bridgehead atoms. The zero-order valence-electron chi connectivity index (χ0n) is 11.9. The Balaban J connectivity index is 2.62. The minimum Gasteiger partial charge on any atom is -0.468 e. The third-order valence-corrected chi connectivity index (χ3v) is 3.92. The predicted octanol–water partition coefficient (Wildman–Crippen LogP) is 1.81. The summed E-state index contributed by atoms with van der Waals surface area (Å²) in [5.41, 5.74) is 0. The topological polar surface area (TPSA) is 49.8 Å². The number of carbonyl (C=O) groups is 1. The van der Waals surface area contributed by atoms with Crippen LogP contribution in [-0.4, -0.2) is 48.3 Å². The third-order valence-electron chi connectivity index (χ3n) is 3.92. The number of aliphatic hydroxyl groups excluding tert-OH is 1. The van der Waals surface area contributed by atoms with E-state index in [1.54, 1.807) is 0 Å². The van der Waals surface area contributed by atoms with Crippen molar-refractivity contribution < 1.29 is 14.6 Å². The van der Waals surface area contributed by atoms with Crippen molar-refractivity contribution in [3.63, 3.8) is 0 Å². The number of esters is 1. The number of carbonyl (C=O) groups excluding carboxylic acids is 1. The van der Waals surface area contributed by atoms with Gasteiger partial charge < -0.3 is 9.84 Å². The number of ether oxygens (including phenoxy) is 1. The molecule has 1 aliphatic rings. The summed E-state index contributed by atoms with van der Waals surface area (Å²) in [5, 5.41) is 9.71. The molecule has 0 aromatic carbocycles. The summed E-state index contributed by atoms with van der Waals surface area (Å²) in [6.07, 6.45) is 4.79. The zero-order chi connectivity index (χ0) is 13.5. The van der Waals surface area contributed by atoms with Crippen LogP contribution in [0.25, 0.3) is 0 Å². The van der Waals surface area contributed by atoms with Crippen LogP contribution in [0.3, 0.4) is 0 Å². The van der Waals surface area contributed by atoms with Crippen molar-refractivity contribution in [2.45, 2.75) is 58.1 Å². The lowest BCUT2D eigenvalue weighted by Crippen LogP contribution is -2.48. The average molecular weight is 257 g/mol. The van der Waals surface area contributed by atoms with Gasteiger partial charge in [0, 0.05) is 6.54 Å². The van der Waals surface area contributed by atoms with E-state index in [2.05, 4.69) is 11.8 Å². The van der Waals surface area contributed by atoms with E-state index >= 15 is 0 Å². The maximum Gasteiger partial charge on any atom is 0.323 e. The highest BCUT2D eigenvalue weighted by Crippen LogP contribution is 2.23. The number of nitrogens with zero attached hydrogens (tertiary/aromatic N) is 1. The Morgan fingerprint density at radius 1 is 1.56 bits per heavy atom. The molecule has 18 heavy (non-hydrogen) atoms. The molecule has 0 amide bonds. The highest BCUT2D eigenvalue weighted by Gasteiger charge is 2.32. The van der Waals surface area contributed by atoms with E-state index in [0.29, 0.717) is 0 Å². The lowest BCUT2D eigenvalue weighted by atomic mass is 9.91. The van der Waals surface area contributed by atoms with Gasteiger partial charge in [-0.2, -0.15) is 0 Å². The Kier molecular flexibility index (Phi) is 6.65. The van der Waals surface area contributed by atoms with Crippen LogP contribution >= 0.6 is 0 Å². The fourth-order valence-corrected chi connectivity index (χ4v) is 2.70. The zero-order valence-corrected chi connectivity index (χ0v) is 11.9. The molecule has 0 saturated carbocycles. The summed E-state index contributed by atoms with van der Waals surface area (Å²) in [5.74, 6) is 0.155. The van der Waals surface area contributed by atoms with Gasteiger partial charge in [0.1, 0.15) is 6.04 Å². The number of methoxy groups -OCH3 is 1. The molecular weight excluding hydrogens is 230 g/mol. The fourth-order valence-electron chi connectivity index (χ4n) is 2.70. The highest BCUT2D eigenvalue weighted by molar-refractivity contribution is 5.75. The normalized spacial score (nSPS) is 24.6. The van der Waals surface area contributed by atoms with Crippen LogP contribution in [0.15, 0.2) is 0 Å². The number of unbranched alkanes of at least 4 members (excludes halogenated alkanes) is 1. The quantitative estimate of drug-likeness (QED) is 0.737. The Morgan fingerprint density at radius 3 is 2.83 bits per heavy atom. The predicted molar refractivity (Wildman–Crippen MR) is 71.3 cm³/mol. The van der Waals surface area contributed by atoms with Crippen LogP contribution in [-0.2, 0) is 9.53 Å². The number of rotatable bonds is 6. The Morgan fingerprint density at radius 2 is 2.28 bits per heavy atom. The van der Waals surface area contributed by atoms with Gasteiger partial charge in [0.05, 0.1) is 13.2 Å². The van der Waals surface area contributed by atoms with Gasteiger partial charge in [0.15, 0.2) is 0 Å². The second-order valence-electron chi connectivity index (χ2n) is 5.32. The van der Waals surface area contributed by atoms with Crippen LogP contribution in [0.5, 0.6) is 0 Å². The molecular formula is C14H27NO3.